The number of carboxylic acid groups (broad SMARTS) is 1. The van der Waals surface area contributed by atoms with Gasteiger partial charge in [-0.2, -0.15) is 22.0 Å². The van der Waals surface area contributed by atoms with Crippen molar-refractivity contribution >= 4 is 12.0 Å². The number of carboxylic acids is 1. The third-order valence-electron chi connectivity index (χ3n) is 4.71. The van der Waals surface area contributed by atoms with Gasteiger partial charge in [0.2, 0.25) is 0 Å². The van der Waals surface area contributed by atoms with Crippen LogP contribution < -0.4 is 4.74 Å². The van der Waals surface area contributed by atoms with Gasteiger partial charge in [0, 0.05) is 11.1 Å². The lowest BCUT2D eigenvalue weighted by Gasteiger charge is -2.21. The Labute approximate surface area is 178 Å². The number of carbonyl (C=O) groups is 1. The van der Waals surface area contributed by atoms with E-state index in [4.69, 9.17) is 9.84 Å². The summed E-state index contributed by atoms with van der Waals surface area (Å²) in [4.78, 5) is 11.0. The zero-order valence-corrected chi connectivity index (χ0v) is 16.5. The van der Waals surface area contributed by atoms with Gasteiger partial charge in [0.15, 0.2) is 0 Å². The number of alkyl halides is 5. The Kier molecular flexibility index (Phi) is 6.20. The predicted octanol–water partition coefficient (Wildman–Crippen LogP) is 6.93. The molecule has 0 radical (unpaired) electrons. The molecule has 3 rings (SSSR count). The fourth-order valence-electron chi connectivity index (χ4n) is 2.97. The Morgan fingerprint density at radius 2 is 1.75 bits per heavy atom. The molecule has 1 N–H and O–H groups in total. The van der Waals surface area contributed by atoms with Crippen molar-refractivity contribution in [1.82, 2.24) is 0 Å². The standard InChI is InChI=1S/C23H16F6O3/c1-13-10-18(24)8-9-19(13)32-20-12-17(22(25,26)23(27,28)29)7-6-16(20)11-14-2-4-15(5-3-14)21(30)31/h2,4-12H,3H2,1H3,(H,30,31). The van der Waals surface area contributed by atoms with E-state index >= 15 is 0 Å². The predicted molar refractivity (Wildman–Crippen MR) is 105 cm³/mol. The molecule has 0 bridgehead atoms. The first-order valence-corrected chi connectivity index (χ1v) is 9.23. The zero-order valence-electron chi connectivity index (χ0n) is 16.5. The molecule has 0 spiro atoms. The molecule has 168 valence electrons. The van der Waals surface area contributed by atoms with E-state index in [-0.39, 0.29) is 29.1 Å². The molecule has 0 atom stereocenters. The van der Waals surface area contributed by atoms with Gasteiger partial charge in [-0.1, -0.05) is 24.3 Å². The molecular weight excluding hydrogens is 438 g/mol. The summed E-state index contributed by atoms with van der Waals surface area (Å²) in [6.07, 6.45) is 0.150. The van der Waals surface area contributed by atoms with Gasteiger partial charge < -0.3 is 9.84 Å². The highest BCUT2D eigenvalue weighted by molar-refractivity contribution is 5.90. The van der Waals surface area contributed by atoms with Gasteiger partial charge in [-0.3, -0.25) is 0 Å². The van der Waals surface area contributed by atoms with Gasteiger partial charge >= 0.3 is 18.1 Å². The van der Waals surface area contributed by atoms with Crippen molar-refractivity contribution < 1.29 is 41.0 Å². The van der Waals surface area contributed by atoms with Gasteiger partial charge in [0.1, 0.15) is 17.3 Å². The van der Waals surface area contributed by atoms with E-state index in [1.807, 2.05) is 0 Å². The lowest BCUT2D eigenvalue weighted by atomic mass is 9.98. The van der Waals surface area contributed by atoms with Gasteiger partial charge in [0.05, 0.1) is 5.57 Å². The smallest absolute Gasteiger partial charge is 0.458 e. The zero-order chi connectivity index (χ0) is 23.7. The van der Waals surface area contributed by atoms with Crippen LogP contribution >= 0.6 is 0 Å². The maximum absolute atomic E-state index is 13.9. The summed E-state index contributed by atoms with van der Waals surface area (Å²) in [6, 6.07) is 5.72. The number of rotatable bonds is 5. The number of benzene rings is 2. The van der Waals surface area contributed by atoms with Crippen molar-refractivity contribution in [2.75, 3.05) is 0 Å². The van der Waals surface area contributed by atoms with Crippen molar-refractivity contribution in [2.45, 2.75) is 25.4 Å². The Morgan fingerprint density at radius 1 is 1.03 bits per heavy atom. The molecule has 0 heterocycles. The third-order valence-corrected chi connectivity index (χ3v) is 4.71. The molecule has 9 heteroatoms. The number of ether oxygens (including phenoxy) is 1. The molecule has 3 nitrogen and oxygen atoms in total. The molecule has 1 aliphatic carbocycles. The molecule has 0 saturated heterocycles. The summed E-state index contributed by atoms with van der Waals surface area (Å²) >= 11 is 0. The highest BCUT2D eigenvalue weighted by Gasteiger charge is 2.58. The van der Waals surface area contributed by atoms with Crippen LogP contribution in [0.15, 0.2) is 65.8 Å². The van der Waals surface area contributed by atoms with Crippen LogP contribution in [-0.4, -0.2) is 17.3 Å². The van der Waals surface area contributed by atoms with E-state index in [2.05, 4.69) is 0 Å². The summed E-state index contributed by atoms with van der Waals surface area (Å²) in [5, 5.41) is 8.99. The van der Waals surface area contributed by atoms with E-state index in [1.165, 1.54) is 37.3 Å². The summed E-state index contributed by atoms with van der Waals surface area (Å²) in [5.41, 5.74) is -0.175. The second-order valence-corrected chi connectivity index (χ2v) is 7.06. The monoisotopic (exact) mass is 454 g/mol. The quantitative estimate of drug-likeness (QED) is 0.498. The maximum atomic E-state index is 13.9. The first-order chi connectivity index (χ1) is 14.9. The van der Waals surface area contributed by atoms with E-state index in [0.717, 1.165) is 18.2 Å². The summed E-state index contributed by atoms with van der Waals surface area (Å²) < 4.78 is 85.3. The van der Waals surface area contributed by atoms with Crippen LogP contribution in [0.25, 0.3) is 6.08 Å². The third kappa shape index (κ3) is 4.87. The van der Waals surface area contributed by atoms with E-state index in [0.29, 0.717) is 23.3 Å². The number of aryl methyl sites for hydroxylation is 1. The minimum Gasteiger partial charge on any atom is -0.478 e. The lowest BCUT2D eigenvalue weighted by Crippen LogP contribution is -2.33. The van der Waals surface area contributed by atoms with E-state index in [1.54, 1.807) is 0 Å². The van der Waals surface area contributed by atoms with E-state index < -0.39 is 29.4 Å². The molecule has 0 aliphatic heterocycles. The van der Waals surface area contributed by atoms with Crippen molar-refractivity contribution in [3.63, 3.8) is 0 Å². The second-order valence-electron chi connectivity index (χ2n) is 7.06. The van der Waals surface area contributed by atoms with Gasteiger partial charge in [-0.15, -0.1) is 0 Å². The minimum absolute atomic E-state index is 0.0701. The second kappa shape index (κ2) is 8.57. The van der Waals surface area contributed by atoms with Crippen molar-refractivity contribution in [1.29, 1.82) is 0 Å². The van der Waals surface area contributed by atoms with Crippen LogP contribution in [0.5, 0.6) is 11.5 Å². The van der Waals surface area contributed by atoms with Gasteiger partial charge in [-0.05, 0) is 60.9 Å². The van der Waals surface area contributed by atoms with Crippen molar-refractivity contribution in [2.24, 2.45) is 0 Å². The minimum atomic E-state index is -5.81. The molecule has 0 saturated carbocycles. The van der Waals surface area contributed by atoms with Crippen LogP contribution in [0.1, 0.15) is 23.1 Å². The Morgan fingerprint density at radius 3 is 2.31 bits per heavy atom. The van der Waals surface area contributed by atoms with Crippen LogP contribution in [0.2, 0.25) is 0 Å². The molecule has 0 unspecified atom stereocenters. The Hall–Kier alpha value is -3.49. The van der Waals surface area contributed by atoms with Crippen molar-refractivity contribution in [3.05, 3.63) is 88.3 Å². The summed E-state index contributed by atoms with van der Waals surface area (Å²) in [5.74, 6) is -7.02. The fraction of sp³-hybridized carbons (Fsp3) is 0.174. The Bertz CT molecular complexity index is 1140. The summed E-state index contributed by atoms with van der Waals surface area (Å²) in [6.45, 7) is 1.49. The molecular formula is C23H16F6O3. The lowest BCUT2D eigenvalue weighted by molar-refractivity contribution is -0.289. The molecule has 2 aromatic carbocycles. The normalized spacial score (nSPS) is 15.6. The summed E-state index contributed by atoms with van der Waals surface area (Å²) in [7, 11) is 0. The van der Waals surface area contributed by atoms with Crippen LogP contribution in [0, 0.1) is 12.7 Å². The van der Waals surface area contributed by atoms with Crippen LogP contribution in [0.3, 0.4) is 0 Å². The number of hydrogen-bond acceptors (Lipinski definition) is 2. The largest absolute Gasteiger partial charge is 0.478 e. The molecule has 32 heavy (non-hydrogen) atoms. The Balaban J connectivity index is 2.06. The first kappa shape index (κ1) is 23.2. The average Bonchev–Trinajstić information content (AvgIpc) is 2.70. The topological polar surface area (TPSA) is 46.5 Å². The number of halogens is 6. The molecule has 0 fully saturated rings. The molecule has 2 aromatic rings. The van der Waals surface area contributed by atoms with E-state index in [9.17, 15) is 31.1 Å². The highest BCUT2D eigenvalue weighted by atomic mass is 19.4. The molecule has 1 aliphatic rings. The SMILES string of the molecule is Cc1cc(F)ccc1Oc1cc(C(F)(F)C(F)(F)F)ccc1C=C1C=CC(C(=O)O)=CC1. The maximum Gasteiger partial charge on any atom is 0.458 e. The van der Waals surface area contributed by atoms with Crippen LogP contribution in [-0.2, 0) is 10.7 Å². The van der Waals surface area contributed by atoms with Gasteiger partial charge in [-0.25, -0.2) is 9.18 Å². The fourth-order valence-corrected chi connectivity index (χ4v) is 2.97. The average molecular weight is 454 g/mol. The highest BCUT2D eigenvalue weighted by Crippen LogP contribution is 2.45. The first-order valence-electron chi connectivity index (χ1n) is 9.23. The number of allylic oxidation sites excluding steroid dienone is 3. The van der Waals surface area contributed by atoms with Crippen LogP contribution in [0.4, 0.5) is 26.3 Å². The molecule has 0 amide bonds. The number of hydrogen-bond donors (Lipinski definition) is 1. The van der Waals surface area contributed by atoms with Gasteiger partial charge in [0.25, 0.3) is 0 Å². The van der Waals surface area contributed by atoms with Crippen molar-refractivity contribution in [3.8, 4) is 11.5 Å². The number of aliphatic carboxylic acids is 1. The molecule has 0 aromatic heterocycles.